The molecule has 1 aromatic rings. The molecule has 5 heteroatoms. The SMILES string of the molecule is CCC1CC(O)(Cc2c(Cl)c(C)nn2C)CCO1. The highest BCUT2D eigenvalue weighted by Gasteiger charge is 2.36. The van der Waals surface area contributed by atoms with Crippen LogP contribution in [-0.4, -0.2) is 33.2 Å². The zero-order valence-electron chi connectivity index (χ0n) is 11.2. The van der Waals surface area contributed by atoms with Crippen molar-refractivity contribution >= 4 is 11.6 Å². The lowest BCUT2D eigenvalue weighted by atomic mass is 9.85. The Morgan fingerprint density at radius 3 is 2.89 bits per heavy atom. The zero-order chi connectivity index (χ0) is 13.3. The summed E-state index contributed by atoms with van der Waals surface area (Å²) in [5, 5.41) is 15.7. The Morgan fingerprint density at radius 1 is 1.61 bits per heavy atom. The van der Waals surface area contributed by atoms with Crippen LogP contribution in [0.5, 0.6) is 0 Å². The summed E-state index contributed by atoms with van der Waals surface area (Å²) < 4.78 is 7.38. The molecular formula is C13H21ClN2O2. The standard InChI is InChI=1S/C13H21ClN2O2/c1-4-10-7-13(17,5-6-18-10)8-11-12(14)9(2)15-16(11)3/h10,17H,4-8H2,1-3H3. The predicted octanol–water partition coefficient (Wildman–Crippen LogP) is 2.24. The Labute approximate surface area is 113 Å². The largest absolute Gasteiger partial charge is 0.389 e. The second-order valence-corrected chi connectivity index (χ2v) is 5.60. The van der Waals surface area contributed by atoms with Gasteiger partial charge in [-0.05, 0) is 19.8 Å². The Hall–Kier alpha value is -0.580. The number of aromatic nitrogens is 2. The molecule has 1 aromatic heterocycles. The van der Waals surface area contributed by atoms with Crippen molar-refractivity contribution in [2.24, 2.45) is 7.05 Å². The molecule has 18 heavy (non-hydrogen) atoms. The molecular weight excluding hydrogens is 252 g/mol. The van der Waals surface area contributed by atoms with E-state index in [0.29, 0.717) is 30.9 Å². The zero-order valence-corrected chi connectivity index (χ0v) is 12.0. The van der Waals surface area contributed by atoms with Crippen LogP contribution in [0.2, 0.25) is 5.02 Å². The minimum atomic E-state index is -0.719. The molecule has 0 saturated carbocycles. The normalized spacial score (nSPS) is 28.6. The van der Waals surface area contributed by atoms with Crippen molar-refractivity contribution in [3.05, 3.63) is 16.4 Å². The first-order valence-electron chi connectivity index (χ1n) is 6.47. The molecule has 1 saturated heterocycles. The molecule has 2 heterocycles. The predicted molar refractivity (Wildman–Crippen MR) is 70.9 cm³/mol. The number of hydrogen-bond acceptors (Lipinski definition) is 3. The molecule has 0 aliphatic carbocycles. The molecule has 1 fully saturated rings. The lowest BCUT2D eigenvalue weighted by Crippen LogP contribution is -2.42. The van der Waals surface area contributed by atoms with E-state index in [0.717, 1.165) is 17.8 Å². The van der Waals surface area contributed by atoms with Gasteiger partial charge in [-0.2, -0.15) is 5.10 Å². The summed E-state index contributed by atoms with van der Waals surface area (Å²) in [6, 6.07) is 0. The van der Waals surface area contributed by atoms with Gasteiger partial charge in [-0.15, -0.1) is 0 Å². The van der Waals surface area contributed by atoms with Crippen LogP contribution >= 0.6 is 11.6 Å². The molecule has 0 radical (unpaired) electrons. The summed E-state index contributed by atoms with van der Waals surface area (Å²) in [7, 11) is 1.87. The van der Waals surface area contributed by atoms with Crippen LogP contribution in [0.3, 0.4) is 0 Å². The quantitative estimate of drug-likeness (QED) is 0.918. The summed E-state index contributed by atoms with van der Waals surface area (Å²) >= 11 is 6.24. The van der Waals surface area contributed by atoms with Crippen LogP contribution in [-0.2, 0) is 18.2 Å². The van der Waals surface area contributed by atoms with Gasteiger partial charge in [0.25, 0.3) is 0 Å². The van der Waals surface area contributed by atoms with Crippen LogP contribution in [0.15, 0.2) is 0 Å². The second kappa shape index (κ2) is 5.19. The monoisotopic (exact) mass is 272 g/mol. The Morgan fingerprint density at radius 2 is 2.33 bits per heavy atom. The smallest absolute Gasteiger partial charge is 0.0848 e. The third kappa shape index (κ3) is 2.71. The number of ether oxygens (including phenoxy) is 1. The topological polar surface area (TPSA) is 47.3 Å². The molecule has 0 amide bonds. The first-order chi connectivity index (χ1) is 8.45. The van der Waals surface area contributed by atoms with Crippen molar-refractivity contribution in [3.8, 4) is 0 Å². The van der Waals surface area contributed by atoms with Gasteiger partial charge in [-0.3, -0.25) is 4.68 Å². The van der Waals surface area contributed by atoms with Crippen LogP contribution in [0.25, 0.3) is 0 Å². The van der Waals surface area contributed by atoms with Crippen LogP contribution < -0.4 is 0 Å². The average Bonchev–Trinajstić information content (AvgIpc) is 2.56. The maximum absolute atomic E-state index is 10.7. The summed E-state index contributed by atoms with van der Waals surface area (Å²) in [5.74, 6) is 0. The summed E-state index contributed by atoms with van der Waals surface area (Å²) in [6.45, 7) is 4.58. The van der Waals surface area contributed by atoms with E-state index in [1.807, 2.05) is 14.0 Å². The maximum atomic E-state index is 10.7. The minimum absolute atomic E-state index is 0.150. The lowest BCUT2D eigenvalue weighted by Gasteiger charge is -2.36. The molecule has 4 nitrogen and oxygen atoms in total. The van der Waals surface area contributed by atoms with E-state index >= 15 is 0 Å². The summed E-state index contributed by atoms with van der Waals surface area (Å²) in [5.41, 5.74) is 1.01. The van der Waals surface area contributed by atoms with Gasteiger partial charge in [0.15, 0.2) is 0 Å². The number of halogens is 1. The number of aliphatic hydroxyl groups is 1. The van der Waals surface area contributed by atoms with Gasteiger partial charge in [-0.25, -0.2) is 0 Å². The van der Waals surface area contributed by atoms with Crippen LogP contribution in [0, 0.1) is 6.92 Å². The molecule has 102 valence electrons. The molecule has 1 aliphatic rings. The van der Waals surface area contributed by atoms with Gasteiger partial charge < -0.3 is 9.84 Å². The van der Waals surface area contributed by atoms with Crippen molar-refractivity contribution in [1.29, 1.82) is 0 Å². The van der Waals surface area contributed by atoms with E-state index in [1.165, 1.54) is 0 Å². The maximum Gasteiger partial charge on any atom is 0.0848 e. The van der Waals surface area contributed by atoms with E-state index in [9.17, 15) is 5.11 Å². The summed E-state index contributed by atoms with van der Waals surface area (Å²) in [4.78, 5) is 0. The van der Waals surface area contributed by atoms with Gasteiger partial charge in [0, 0.05) is 26.5 Å². The molecule has 0 spiro atoms. The fraction of sp³-hybridized carbons (Fsp3) is 0.769. The molecule has 2 atom stereocenters. The van der Waals surface area contributed by atoms with Gasteiger partial charge in [0.05, 0.1) is 28.1 Å². The highest BCUT2D eigenvalue weighted by atomic mass is 35.5. The van der Waals surface area contributed by atoms with Crippen molar-refractivity contribution in [2.75, 3.05) is 6.61 Å². The Bertz CT molecular complexity index is 433. The van der Waals surface area contributed by atoms with Crippen LogP contribution in [0.1, 0.15) is 37.6 Å². The van der Waals surface area contributed by atoms with E-state index < -0.39 is 5.60 Å². The minimum Gasteiger partial charge on any atom is -0.389 e. The third-order valence-corrected chi connectivity index (χ3v) is 4.23. The van der Waals surface area contributed by atoms with E-state index in [4.69, 9.17) is 16.3 Å². The third-order valence-electron chi connectivity index (χ3n) is 3.74. The molecule has 1 N–H and O–H groups in total. The highest BCUT2D eigenvalue weighted by molar-refractivity contribution is 6.31. The van der Waals surface area contributed by atoms with Crippen molar-refractivity contribution < 1.29 is 9.84 Å². The number of hydrogen-bond donors (Lipinski definition) is 1. The fourth-order valence-electron chi connectivity index (χ4n) is 2.61. The molecule has 1 aliphatic heterocycles. The lowest BCUT2D eigenvalue weighted by molar-refractivity contribution is -0.104. The van der Waals surface area contributed by atoms with Crippen molar-refractivity contribution in [3.63, 3.8) is 0 Å². The van der Waals surface area contributed by atoms with Gasteiger partial charge in [-0.1, -0.05) is 18.5 Å². The van der Waals surface area contributed by atoms with Crippen molar-refractivity contribution in [2.45, 2.75) is 51.2 Å². The number of aryl methyl sites for hydroxylation is 2. The first-order valence-corrected chi connectivity index (χ1v) is 6.85. The molecule has 0 bridgehead atoms. The second-order valence-electron chi connectivity index (χ2n) is 5.23. The summed E-state index contributed by atoms with van der Waals surface area (Å²) in [6.07, 6.45) is 2.95. The number of nitrogens with zero attached hydrogens (tertiary/aromatic N) is 2. The molecule has 2 rings (SSSR count). The van der Waals surface area contributed by atoms with Crippen LogP contribution in [0.4, 0.5) is 0 Å². The average molecular weight is 273 g/mol. The van der Waals surface area contributed by atoms with Gasteiger partial charge in [0.1, 0.15) is 0 Å². The Balaban J connectivity index is 2.16. The highest BCUT2D eigenvalue weighted by Crippen LogP contribution is 2.32. The van der Waals surface area contributed by atoms with Gasteiger partial charge >= 0.3 is 0 Å². The number of rotatable bonds is 3. The Kier molecular flexibility index (Phi) is 3.99. The van der Waals surface area contributed by atoms with E-state index in [1.54, 1.807) is 4.68 Å². The molecule has 0 aromatic carbocycles. The fourth-order valence-corrected chi connectivity index (χ4v) is 2.83. The first kappa shape index (κ1) is 13.8. The molecule has 2 unspecified atom stereocenters. The van der Waals surface area contributed by atoms with E-state index in [2.05, 4.69) is 12.0 Å². The van der Waals surface area contributed by atoms with Gasteiger partial charge in [0.2, 0.25) is 0 Å². The van der Waals surface area contributed by atoms with E-state index in [-0.39, 0.29) is 6.10 Å². The van der Waals surface area contributed by atoms with Crippen molar-refractivity contribution in [1.82, 2.24) is 9.78 Å².